The van der Waals surface area contributed by atoms with E-state index in [1.165, 1.54) is 24.0 Å². The summed E-state index contributed by atoms with van der Waals surface area (Å²) in [5, 5.41) is 0. The van der Waals surface area contributed by atoms with Crippen LogP contribution in [0.15, 0.2) is 48.5 Å². The van der Waals surface area contributed by atoms with Crippen molar-refractivity contribution < 1.29 is 23.9 Å². The van der Waals surface area contributed by atoms with Crippen molar-refractivity contribution >= 4 is 23.8 Å². The minimum Gasteiger partial charge on any atom is -0.393 e. The second-order valence-corrected chi connectivity index (χ2v) is 13.8. The Balaban J connectivity index is 0.955. The quantitative estimate of drug-likeness (QED) is 0.253. The maximum atomic E-state index is 13.0. The molecule has 0 spiro atoms. The number of piperidine rings is 2. The van der Waals surface area contributed by atoms with Crippen molar-refractivity contribution in [3.8, 4) is 0 Å². The van der Waals surface area contributed by atoms with Crippen molar-refractivity contribution in [3.63, 3.8) is 0 Å². The zero-order chi connectivity index (χ0) is 31.2. The third-order valence-electron chi connectivity index (χ3n) is 10.8. The van der Waals surface area contributed by atoms with Gasteiger partial charge in [0, 0.05) is 37.3 Å². The summed E-state index contributed by atoms with van der Waals surface area (Å²) in [6.45, 7) is 3.35. The van der Waals surface area contributed by atoms with Gasteiger partial charge >= 0.3 is 11.9 Å². The molecule has 0 bridgehead atoms. The SMILES string of the molecule is O=C(OC(=O)C1CCC(c2cccc(C(=O)N3CCCCC3)c2)CC1)C1CCC(c2cccc(C(=O)N3CCCCC3)c2)CC1. The Morgan fingerprint density at radius 2 is 0.889 bits per heavy atom. The molecular formula is C38H48N2O5. The van der Waals surface area contributed by atoms with Crippen molar-refractivity contribution in [1.29, 1.82) is 0 Å². The summed E-state index contributed by atoms with van der Waals surface area (Å²) in [6.07, 6.45) is 12.9. The summed E-state index contributed by atoms with van der Waals surface area (Å²) in [5.41, 5.74) is 3.85. The lowest BCUT2D eigenvalue weighted by Gasteiger charge is -2.30. The molecule has 2 aromatic rings. The maximum Gasteiger partial charge on any atom is 0.316 e. The van der Waals surface area contributed by atoms with Crippen LogP contribution in [0.1, 0.15) is 134 Å². The van der Waals surface area contributed by atoms with Gasteiger partial charge in [-0.05, 0) is 137 Å². The number of benzene rings is 2. The molecule has 6 rings (SSSR count). The van der Waals surface area contributed by atoms with Gasteiger partial charge in [0.15, 0.2) is 0 Å². The molecule has 0 N–H and O–H groups in total. The lowest BCUT2D eigenvalue weighted by Crippen LogP contribution is -2.35. The van der Waals surface area contributed by atoms with Crippen LogP contribution in [0.5, 0.6) is 0 Å². The van der Waals surface area contributed by atoms with Gasteiger partial charge < -0.3 is 14.5 Å². The van der Waals surface area contributed by atoms with E-state index in [-0.39, 0.29) is 35.6 Å². The fourth-order valence-electron chi connectivity index (χ4n) is 8.00. The van der Waals surface area contributed by atoms with Gasteiger partial charge in [-0.1, -0.05) is 24.3 Å². The number of rotatable bonds is 6. The maximum absolute atomic E-state index is 13.0. The predicted molar refractivity (Wildman–Crippen MR) is 173 cm³/mol. The van der Waals surface area contributed by atoms with Crippen LogP contribution in [0.2, 0.25) is 0 Å². The van der Waals surface area contributed by atoms with Crippen molar-refractivity contribution in [2.45, 2.75) is 102 Å². The fraction of sp³-hybridized carbons (Fsp3) is 0.579. The first-order valence-corrected chi connectivity index (χ1v) is 17.5. The van der Waals surface area contributed by atoms with Crippen LogP contribution >= 0.6 is 0 Å². The number of ether oxygens (including phenoxy) is 1. The Bertz CT molecular complexity index is 1260. The highest BCUT2D eigenvalue weighted by molar-refractivity contribution is 5.95. The predicted octanol–water partition coefficient (Wildman–Crippen LogP) is 7.26. The highest BCUT2D eigenvalue weighted by atomic mass is 16.6. The Kier molecular flexibility index (Phi) is 10.3. The van der Waals surface area contributed by atoms with Crippen molar-refractivity contribution in [2.75, 3.05) is 26.2 Å². The molecule has 45 heavy (non-hydrogen) atoms. The molecule has 7 heteroatoms. The summed E-state index contributed by atoms with van der Waals surface area (Å²) in [6, 6.07) is 16.1. The average Bonchev–Trinajstić information content (AvgIpc) is 3.12. The molecule has 2 heterocycles. The van der Waals surface area contributed by atoms with Gasteiger partial charge in [-0.15, -0.1) is 0 Å². The van der Waals surface area contributed by atoms with E-state index in [2.05, 4.69) is 12.1 Å². The minimum absolute atomic E-state index is 0.123. The number of nitrogens with zero attached hydrogens (tertiary/aromatic N) is 2. The van der Waals surface area contributed by atoms with E-state index in [0.29, 0.717) is 37.5 Å². The number of hydrogen-bond donors (Lipinski definition) is 0. The fourth-order valence-corrected chi connectivity index (χ4v) is 8.00. The van der Waals surface area contributed by atoms with Crippen LogP contribution in [-0.4, -0.2) is 59.7 Å². The lowest BCUT2D eigenvalue weighted by molar-refractivity contribution is -0.167. The van der Waals surface area contributed by atoms with Gasteiger partial charge in [0.05, 0.1) is 11.8 Å². The topological polar surface area (TPSA) is 84.0 Å². The number of carbonyl (C=O) groups excluding carboxylic acids is 4. The van der Waals surface area contributed by atoms with Gasteiger partial charge in [-0.2, -0.15) is 0 Å². The molecule has 2 saturated carbocycles. The molecule has 7 nitrogen and oxygen atoms in total. The number of hydrogen-bond acceptors (Lipinski definition) is 5. The molecule has 4 aliphatic rings. The van der Waals surface area contributed by atoms with Crippen LogP contribution in [0.4, 0.5) is 0 Å². The summed E-state index contributed by atoms with van der Waals surface area (Å²) in [7, 11) is 0. The molecule has 2 aliphatic heterocycles. The minimum atomic E-state index is -0.376. The number of amides is 2. The van der Waals surface area contributed by atoms with E-state index in [1.54, 1.807) is 0 Å². The smallest absolute Gasteiger partial charge is 0.316 e. The lowest BCUT2D eigenvalue weighted by atomic mass is 9.78. The first kappa shape index (κ1) is 31.5. The van der Waals surface area contributed by atoms with E-state index in [1.807, 2.05) is 46.2 Å². The molecule has 0 atom stereocenters. The molecule has 2 amide bonds. The van der Waals surface area contributed by atoms with E-state index in [0.717, 1.165) is 88.7 Å². The van der Waals surface area contributed by atoms with Gasteiger partial charge in [0.2, 0.25) is 0 Å². The van der Waals surface area contributed by atoms with E-state index in [4.69, 9.17) is 4.74 Å². The summed E-state index contributed by atoms with van der Waals surface area (Å²) >= 11 is 0. The van der Waals surface area contributed by atoms with Crippen LogP contribution in [0.3, 0.4) is 0 Å². The molecule has 0 aromatic heterocycles. The molecular weight excluding hydrogens is 564 g/mol. The largest absolute Gasteiger partial charge is 0.393 e. The second-order valence-electron chi connectivity index (χ2n) is 13.8. The number of carbonyl (C=O) groups is 4. The van der Waals surface area contributed by atoms with Crippen LogP contribution in [0.25, 0.3) is 0 Å². The Hall–Kier alpha value is -3.48. The monoisotopic (exact) mass is 612 g/mol. The summed E-state index contributed by atoms with van der Waals surface area (Å²) in [4.78, 5) is 56.0. The summed E-state index contributed by atoms with van der Waals surface area (Å²) in [5.74, 6) is -0.391. The first-order valence-electron chi connectivity index (χ1n) is 17.5. The van der Waals surface area contributed by atoms with Crippen LogP contribution in [0, 0.1) is 11.8 Å². The molecule has 2 saturated heterocycles. The zero-order valence-electron chi connectivity index (χ0n) is 26.6. The first-order chi connectivity index (χ1) is 22.0. The third-order valence-corrected chi connectivity index (χ3v) is 10.8. The van der Waals surface area contributed by atoms with E-state index >= 15 is 0 Å². The Labute approximate surface area is 267 Å². The Morgan fingerprint density at radius 3 is 1.27 bits per heavy atom. The van der Waals surface area contributed by atoms with Crippen LogP contribution < -0.4 is 0 Å². The van der Waals surface area contributed by atoms with Gasteiger partial charge in [0.1, 0.15) is 0 Å². The molecule has 2 aliphatic carbocycles. The normalized spacial score (nSPS) is 25.8. The van der Waals surface area contributed by atoms with Gasteiger partial charge in [-0.25, -0.2) is 0 Å². The molecule has 2 aromatic carbocycles. The zero-order valence-corrected chi connectivity index (χ0v) is 26.6. The molecule has 0 unspecified atom stereocenters. The highest BCUT2D eigenvalue weighted by Gasteiger charge is 2.34. The van der Waals surface area contributed by atoms with Gasteiger partial charge in [0.25, 0.3) is 11.8 Å². The summed E-state index contributed by atoms with van der Waals surface area (Å²) < 4.78 is 5.47. The van der Waals surface area contributed by atoms with Crippen LogP contribution in [-0.2, 0) is 14.3 Å². The second kappa shape index (κ2) is 14.7. The van der Waals surface area contributed by atoms with E-state index < -0.39 is 0 Å². The number of likely N-dealkylation sites (tertiary alicyclic amines) is 2. The van der Waals surface area contributed by atoms with Crippen molar-refractivity contribution in [3.05, 3.63) is 70.8 Å². The molecule has 240 valence electrons. The number of esters is 2. The Morgan fingerprint density at radius 1 is 0.511 bits per heavy atom. The van der Waals surface area contributed by atoms with Crippen molar-refractivity contribution in [2.24, 2.45) is 11.8 Å². The van der Waals surface area contributed by atoms with E-state index in [9.17, 15) is 19.2 Å². The third kappa shape index (κ3) is 7.67. The van der Waals surface area contributed by atoms with Crippen molar-refractivity contribution in [1.82, 2.24) is 9.80 Å². The average molecular weight is 613 g/mol. The molecule has 4 fully saturated rings. The molecule has 0 radical (unpaired) electrons. The highest BCUT2D eigenvalue weighted by Crippen LogP contribution is 2.39. The standard InChI is InChI=1S/C38H48N2O5/c41-35(39-21-3-1-4-22-39)33-11-7-9-31(25-33)27-13-17-29(18-14-27)37(43)45-38(44)30-19-15-28(16-20-30)32-10-8-12-34(26-32)36(42)40-23-5-2-6-24-40/h7-12,25-30H,1-6,13-24H2. The van der Waals surface area contributed by atoms with Gasteiger partial charge in [-0.3, -0.25) is 19.2 Å².